The zero-order chi connectivity index (χ0) is 17.6. The Hall–Kier alpha value is -2.95. The van der Waals surface area contributed by atoms with Crippen LogP contribution >= 0.6 is 0 Å². The van der Waals surface area contributed by atoms with Crippen LogP contribution < -0.4 is 10.2 Å². The third-order valence-corrected chi connectivity index (χ3v) is 4.86. The van der Waals surface area contributed by atoms with E-state index in [0.29, 0.717) is 5.95 Å². The van der Waals surface area contributed by atoms with E-state index in [-0.39, 0.29) is 0 Å². The highest BCUT2D eigenvalue weighted by molar-refractivity contribution is 5.55. The van der Waals surface area contributed by atoms with Gasteiger partial charge in [-0.1, -0.05) is 48.5 Å². The molecule has 0 atom stereocenters. The van der Waals surface area contributed by atoms with Gasteiger partial charge in [0.05, 0.1) is 6.20 Å². The Morgan fingerprint density at radius 1 is 0.923 bits per heavy atom. The molecule has 1 aliphatic heterocycles. The van der Waals surface area contributed by atoms with Crippen molar-refractivity contribution in [3.8, 4) is 0 Å². The van der Waals surface area contributed by atoms with Crippen LogP contribution in [0, 0.1) is 5.92 Å². The van der Waals surface area contributed by atoms with Gasteiger partial charge in [0.1, 0.15) is 0 Å². The largest absolute Gasteiger partial charge is 0.339 e. The predicted molar refractivity (Wildman–Crippen MR) is 105 cm³/mol. The van der Waals surface area contributed by atoms with Gasteiger partial charge in [-0.3, -0.25) is 0 Å². The number of piperidine rings is 1. The molecule has 1 fully saturated rings. The highest BCUT2D eigenvalue weighted by Crippen LogP contribution is 2.24. The van der Waals surface area contributed by atoms with Gasteiger partial charge in [0.2, 0.25) is 5.95 Å². The lowest BCUT2D eigenvalue weighted by Crippen LogP contribution is -2.35. The highest BCUT2D eigenvalue weighted by atomic mass is 15.3. The van der Waals surface area contributed by atoms with Gasteiger partial charge in [0.25, 0.3) is 0 Å². The standard InChI is InChI=1S/C21H23N5/c1-3-7-17(8-4-1)15-18-11-13-26(14-12-18)21-24-20(16-22-25-21)23-19-9-5-2-6-10-19/h1-10,16,18H,11-15H2,(H,23,24,25). The van der Waals surface area contributed by atoms with Crippen LogP contribution in [-0.4, -0.2) is 28.3 Å². The first-order valence-electron chi connectivity index (χ1n) is 9.17. The van der Waals surface area contributed by atoms with Crippen molar-refractivity contribution in [2.75, 3.05) is 23.3 Å². The third-order valence-electron chi connectivity index (χ3n) is 4.86. The normalized spacial score (nSPS) is 15.0. The molecule has 3 aromatic rings. The Balaban J connectivity index is 1.36. The van der Waals surface area contributed by atoms with Crippen molar-refractivity contribution in [2.45, 2.75) is 19.3 Å². The molecule has 0 radical (unpaired) electrons. The molecular formula is C21H23N5. The molecule has 1 N–H and O–H groups in total. The topological polar surface area (TPSA) is 53.9 Å². The number of para-hydroxylation sites is 1. The van der Waals surface area contributed by atoms with E-state index >= 15 is 0 Å². The molecule has 1 aromatic heterocycles. The number of hydrogen-bond acceptors (Lipinski definition) is 5. The van der Waals surface area contributed by atoms with Crippen LogP contribution in [0.15, 0.2) is 66.9 Å². The van der Waals surface area contributed by atoms with Gasteiger partial charge >= 0.3 is 0 Å². The molecule has 0 bridgehead atoms. The maximum atomic E-state index is 4.64. The number of hydrogen-bond donors (Lipinski definition) is 1. The van der Waals surface area contributed by atoms with E-state index in [0.717, 1.165) is 49.8 Å². The Morgan fingerprint density at radius 2 is 1.62 bits per heavy atom. The second kappa shape index (κ2) is 7.95. The monoisotopic (exact) mass is 345 g/mol. The van der Waals surface area contributed by atoms with E-state index in [2.05, 4.69) is 55.7 Å². The van der Waals surface area contributed by atoms with Crippen LogP contribution in [0.5, 0.6) is 0 Å². The lowest BCUT2D eigenvalue weighted by molar-refractivity contribution is 0.400. The molecule has 5 heteroatoms. The van der Waals surface area contributed by atoms with Crippen molar-refractivity contribution < 1.29 is 0 Å². The van der Waals surface area contributed by atoms with E-state index in [1.165, 1.54) is 5.56 Å². The quantitative estimate of drug-likeness (QED) is 0.755. The number of benzene rings is 2. The van der Waals surface area contributed by atoms with Gasteiger partial charge in [-0.25, -0.2) is 0 Å². The van der Waals surface area contributed by atoms with Gasteiger partial charge in [-0.2, -0.15) is 10.1 Å². The zero-order valence-corrected chi connectivity index (χ0v) is 14.8. The van der Waals surface area contributed by atoms with Crippen molar-refractivity contribution >= 4 is 17.5 Å². The summed E-state index contributed by atoms with van der Waals surface area (Å²) < 4.78 is 0. The highest BCUT2D eigenvalue weighted by Gasteiger charge is 2.21. The number of nitrogens with one attached hydrogen (secondary N) is 1. The van der Waals surface area contributed by atoms with Gasteiger partial charge < -0.3 is 10.2 Å². The summed E-state index contributed by atoms with van der Waals surface area (Å²) in [5.41, 5.74) is 2.43. The maximum absolute atomic E-state index is 4.64. The molecule has 1 saturated heterocycles. The molecule has 26 heavy (non-hydrogen) atoms. The first-order valence-corrected chi connectivity index (χ1v) is 9.17. The molecule has 2 heterocycles. The van der Waals surface area contributed by atoms with Crippen molar-refractivity contribution in [1.82, 2.24) is 15.2 Å². The molecule has 0 saturated carbocycles. The van der Waals surface area contributed by atoms with Gasteiger partial charge in [-0.05, 0) is 42.9 Å². The van der Waals surface area contributed by atoms with E-state index in [1.807, 2.05) is 30.3 Å². The Kier molecular flexibility index (Phi) is 5.05. The zero-order valence-electron chi connectivity index (χ0n) is 14.8. The molecule has 2 aromatic carbocycles. The van der Waals surface area contributed by atoms with E-state index < -0.39 is 0 Å². The smallest absolute Gasteiger partial charge is 0.247 e. The summed E-state index contributed by atoms with van der Waals surface area (Å²) in [6, 6.07) is 20.8. The van der Waals surface area contributed by atoms with E-state index in [1.54, 1.807) is 6.20 Å². The van der Waals surface area contributed by atoms with Crippen LogP contribution in [0.4, 0.5) is 17.5 Å². The molecule has 132 valence electrons. The van der Waals surface area contributed by atoms with Crippen molar-refractivity contribution in [2.24, 2.45) is 5.92 Å². The summed E-state index contributed by atoms with van der Waals surface area (Å²) in [4.78, 5) is 6.88. The summed E-state index contributed by atoms with van der Waals surface area (Å²) >= 11 is 0. The fourth-order valence-corrected chi connectivity index (χ4v) is 3.44. The second-order valence-corrected chi connectivity index (χ2v) is 6.75. The molecule has 0 unspecified atom stereocenters. The van der Waals surface area contributed by atoms with Crippen LogP contribution in [0.1, 0.15) is 18.4 Å². The minimum atomic E-state index is 0.712. The SMILES string of the molecule is c1ccc(CC2CCN(c3nncc(Nc4ccccc4)n3)CC2)cc1. The number of rotatable bonds is 5. The number of nitrogens with zero attached hydrogens (tertiary/aromatic N) is 4. The average molecular weight is 345 g/mol. The second-order valence-electron chi connectivity index (χ2n) is 6.75. The lowest BCUT2D eigenvalue weighted by atomic mass is 9.90. The molecule has 0 spiro atoms. The predicted octanol–water partition coefficient (Wildman–Crippen LogP) is 4.07. The van der Waals surface area contributed by atoms with E-state index in [4.69, 9.17) is 0 Å². The molecule has 1 aliphatic rings. The fourth-order valence-electron chi connectivity index (χ4n) is 3.44. The summed E-state index contributed by atoms with van der Waals surface area (Å²) in [7, 11) is 0. The van der Waals surface area contributed by atoms with Gasteiger partial charge in [0.15, 0.2) is 5.82 Å². The summed E-state index contributed by atoms with van der Waals surface area (Å²) in [6.07, 6.45) is 5.14. The average Bonchev–Trinajstić information content (AvgIpc) is 2.70. The van der Waals surface area contributed by atoms with Crippen LogP contribution in [0.25, 0.3) is 0 Å². The number of aromatic nitrogens is 3. The van der Waals surface area contributed by atoms with Crippen molar-refractivity contribution in [3.63, 3.8) is 0 Å². The molecule has 0 amide bonds. The van der Waals surface area contributed by atoms with Crippen LogP contribution in [0.2, 0.25) is 0 Å². The summed E-state index contributed by atoms with van der Waals surface area (Å²) in [5, 5.41) is 11.6. The Morgan fingerprint density at radius 3 is 2.35 bits per heavy atom. The number of anilines is 3. The third kappa shape index (κ3) is 4.17. The lowest BCUT2D eigenvalue weighted by Gasteiger charge is -2.31. The van der Waals surface area contributed by atoms with Crippen LogP contribution in [-0.2, 0) is 6.42 Å². The molecule has 5 nitrogen and oxygen atoms in total. The fraction of sp³-hybridized carbons (Fsp3) is 0.286. The molecule has 0 aliphatic carbocycles. The maximum Gasteiger partial charge on any atom is 0.247 e. The summed E-state index contributed by atoms with van der Waals surface area (Å²) in [5.74, 6) is 2.17. The first kappa shape index (κ1) is 16.5. The van der Waals surface area contributed by atoms with E-state index in [9.17, 15) is 0 Å². The van der Waals surface area contributed by atoms with Gasteiger partial charge in [0, 0.05) is 18.8 Å². The Labute approximate surface area is 154 Å². The molecule has 4 rings (SSSR count). The van der Waals surface area contributed by atoms with Gasteiger partial charge in [-0.15, -0.1) is 5.10 Å². The Bertz CT molecular complexity index is 814. The minimum Gasteiger partial charge on any atom is -0.339 e. The summed E-state index contributed by atoms with van der Waals surface area (Å²) in [6.45, 7) is 1.96. The van der Waals surface area contributed by atoms with Crippen LogP contribution in [0.3, 0.4) is 0 Å². The first-order chi connectivity index (χ1) is 12.9. The van der Waals surface area contributed by atoms with Crippen molar-refractivity contribution in [3.05, 3.63) is 72.4 Å². The molecular weight excluding hydrogens is 322 g/mol. The van der Waals surface area contributed by atoms with Crippen molar-refractivity contribution in [1.29, 1.82) is 0 Å². The minimum absolute atomic E-state index is 0.712.